The average Bonchev–Trinajstić information content (AvgIpc) is 3.28. The quantitative estimate of drug-likeness (QED) is 0.0904. The van der Waals surface area contributed by atoms with Crippen molar-refractivity contribution in [1.82, 2.24) is 9.55 Å². The minimum atomic E-state index is -4.40. The maximum absolute atomic E-state index is 11.8. The van der Waals surface area contributed by atoms with Crippen LogP contribution in [0.4, 0.5) is 0 Å². The Bertz CT molecular complexity index is 1470. The molecule has 0 amide bonds. The van der Waals surface area contributed by atoms with E-state index in [0.29, 0.717) is 23.0 Å². The van der Waals surface area contributed by atoms with Crippen molar-refractivity contribution in [3.63, 3.8) is 0 Å². The molecule has 10 heteroatoms. The third-order valence-corrected chi connectivity index (χ3v) is 9.59. The predicted octanol–water partition coefficient (Wildman–Crippen LogP) is 8.38. The van der Waals surface area contributed by atoms with Crippen molar-refractivity contribution >= 4 is 31.3 Å². The molecule has 3 rings (SSSR count). The summed E-state index contributed by atoms with van der Waals surface area (Å²) in [7, 11) is -8.76. The number of aryl methyl sites for hydroxylation is 1. The van der Waals surface area contributed by atoms with E-state index in [1.54, 1.807) is 18.2 Å². The SMILES string of the molecule is CCCCCCCCCCCCCCCCCCc1nc2ccc(S(=O)(=O)O)cc2n1Cc1cccc(S(=O)(=O)O)c1. The zero-order chi connectivity index (χ0) is 30.4. The van der Waals surface area contributed by atoms with Crippen LogP contribution in [-0.2, 0) is 33.2 Å². The van der Waals surface area contributed by atoms with Crippen LogP contribution >= 0.6 is 0 Å². The van der Waals surface area contributed by atoms with E-state index in [1.165, 1.54) is 108 Å². The minimum absolute atomic E-state index is 0.206. The number of rotatable bonds is 21. The summed E-state index contributed by atoms with van der Waals surface area (Å²) in [4.78, 5) is 4.30. The van der Waals surface area contributed by atoms with Gasteiger partial charge in [0.2, 0.25) is 0 Å². The molecule has 8 nitrogen and oxygen atoms in total. The highest BCUT2D eigenvalue weighted by molar-refractivity contribution is 7.86. The van der Waals surface area contributed by atoms with Gasteiger partial charge in [-0.25, -0.2) is 4.98 Å². The van der Waals surface area contributed by atoms with Gasteiger partial charge in [0.05, 0.1) is 20.8 Å². The third-order valence-electron chi connectivity index (χ3n) is 7.89. The van der Waals surface area contributed by atoms with Crippen molar-refractivity contribution in [2.45, 2.75) is 132 Å². The molecule has 0 saturated heterocycles. The monoisotopic (exact) mass is 620 g/mol. The lowest BCUT2D eigenvalue weighted by molar-refractivity contribution is 0.480. The number of nitrogens with zero attached hydrogens (tertiary/aromatic N) is 2. The molecule has 0 fully saturated rings. The van der Waals surface area contributed by atoms with E-state index in [4.69, 9.17) is 4.98 Å². The molecule has 0 saturated carbocycles. The molecule has 0 atom stereocenters. The Morgan fingerprint density at radius 2 is 1.14 bits per heavy atom. The van der Waals surface area contributed by atoms with Gasteiger partial charge in [0.1, 0.15) is 5.82 Å². The summed E-state index contributed by atoms with van der Waals surface area (Å²) in [5.41, 5.74) is 1.75. The number of hydrogen-bond acceptors (Lipinski definition) is 5. The number of imidazole rings is 1. The van der Waals surface area contributed by atoms with Crippen LogP contribution in [0.3, 0.4) is 0 Å². The highest BCUT2D eigenvalue weighted by Gasteiger charge is 2.17. The largest absolute Gasteiger partial charge is 0.323 e. The Labute approximate surface area is 252 Å². The molecule has 0 bridgehead atoms. The molecular formula is C32H48N2O6S2. The van der Waals surface area contributed by atoms with E-state index in [9.17, 15) is 25.9 Å². The van der Waals surface area contributed by atoms with Gasteiger partial charge in [-0.3, -0.25) is 9.11 Å². The summed E-state index contributed by atoms with van der Waals surface area (Å²) >= 11 is 0. The van der Waals surface area contributed by atoms with Crippen molar-refractivity contribution in [3.05, 3.63) is 53.9 Å². The zero-order valence-electron chi connectivity index (χ0n) is 25.0. The van der Waals surface area contributed by atoms with Gasteiger partial charge in [0.15, 0.2) is 0 Å². The maximum atomic E-state index is 11.8. The van der Waals surface area contributed by atoms with E-state index in [1.807, 2.05) is 4.57 Å². The van der Waals surface area contributed by atoms with Crippen LogP contribution in [0, 0.1) is 0 Å². The fraction of sp³-hybridized carbons (Fsp3) is 0.594. The highest BCUT2D eigenvalue weighted by atomic mass is 32.2. The van der Waals surface area contributed by atoms with E-state index in [0.717, 1.165) is 25.1 Å². The summed E-state index contributed by atoms with van der Waals surface area (Å²) in [6.45, 7) is 2.50. The minimum Gasteiger partial charge on any atom is -0.323 e. The van der Waals surface area contributed by atoms with E-state index < -0.39 is 20.2 Å². The first kappa shape index (κ1) is 34.2. The molecule has 3 aromatic rings. The van der Waals surface area contributed by atoms with Gasteiger partial charge in [-0.15, -0.1) is 0 Å². The first-order valence-corrected chi connectivity index (χ1v) is 18.5. The maximum Gasteiger partial charge on any atom is 0.294 e. The molecule has 2 N–H and O–H groups in total. The summed E-state index contributed by atoms with van der Waals surface area (Å²) in [5.74, 6) is 0.764. The molecule has 234 valence electrons. The number of benzene rings is 2. The van der Waals surface area contributed by atoms with Crippen molar-refractivity contribution in [2.75, 3.05) is 0 Å². The molecule has 0 spiro atoms. The number of aromatic nitrogens is 2. The predicted molar refractivity (Wildman–Crippen MR) is 168 cm³/mol. The molecule has 0 aliphatic heterocycles. The second kappa shape index (κ2) is 17.1. The van der Waals surface area contributed by atoms with Crippen LogP contribution in [0.25, 0.3) is 11.0 Å². The number of fused-ring (bicyclic) bond motifs is 1. The molecule has 1 heterocycles. The third kappa shape index (κ3) is 11.4. The highest BCUT2D eigenvalue weighted by Crippen LogP contribution is 2.24. The molecule has 42 heavy (non-hydrogen) atoms. The summed E-state index contributed by atoms with van der Waals surface area (Å²) in [5, 5.41) is 0. The van der Waals surface area contributed by atoms with Crippen molar-refractivity contribution in [3.8, 4) is 0 Å². The Balaban J connectivity index is 1.49. The van der Waals surface area contributed by atoms with Crippen LogP contribution in [-0.4, -0.2) is 35.5 Å². The fourth-order valence-electron chi connectivity index (χ4n) is 5.50. The first-order chi connectivity index (χ1) is 20.1. The summed E-state index contributed by atoms with van der Waals surface area (Å²) in [6.07, 6.45) is 21.3. The van der Waals surface area contributed by atoms with Crippen LogP contribution in [0.1, 0.15) is 121 Å². The van der Waals surface area contributed by atoms with Crippen molar-refractivity contribution in [1.29, 1.82) is 0 Å². The van der Waals surface area contributed by atoms with Gasteiger partial charge < -0.3 is 4.57 Å². The van der Waals surface area contributed by atoms with Gasteiger partial charge in [0.25, 0.3) is 20.2 Å². The van der Waals surface area contributed by atoms with Crippen LogP contribution in [0.5, 0.6) is 0 Å². The van der Waals surface area contributed by atoms with Gasteiger partial charge in [-0.05, 0) is 42.3 Å². The lowest BCUT2D eigenvalue weighted by Crippen LogP contribution is -2.07. The van der Waals surface area contributed by atoms with Gasteiger partial charge >= 0.3 is 0 Å². The molecular weight excluding hydrogens is 572 g/mol. The molecule has 0 unspecified atom stereocenters. The summed E-state index contributed by atoms with van der Waals surface area (Å²) < 4.78 is 67.7. The second-order valence-electron chi connectivity index (χ2n) is 11.4. The molecule has 1 aromatic heterocycles. The van der Waals surface area contributed by atoms with Gasteiger partial charge in [0, 0.05) is 13.0 Å². The zero-order valence-corrected chi connectivity index (χ0v) is 26.6. The summed E-state index contributed by atoms with van der Waals surface area (Å²) in [6, 6.07) is 10.3. The second-order valence-corrected chi connectivity index (χ2v) is 14.3. The molecule has 0 aliphatic rings. The number of unbranched alkanes of at least 4 members (excludes halogenated alkanes) is 15. The normalized spacial score (nSPS) is 12.4. The van der Waals surface area contributed by atoms with E-state index >= 15 is 0 Å². The smallest absolute Gasteiger partial charge is 0.294 e. The Hall–Kier alpha value is -2.27. The van der Waals surface area contributed by atoms with Crippen molar-refractivity contribution < 1.29 is 25.9 Å². The standard InChI is InChI=1S/C32H48N2O6S2/c1-2-3-4-5-6-7-8-9-10-11-12-13-14-15-16-17-21-32-33-30-23-22-29(42(38,39)40)25-31(30)34(32)26-27-19-18-20-28(24-27)41(35,36)37/h18-20,22-25H,2-17,21,26H2,1H3,(H,35,36,37)(H,38,39,40). The van der Waals surface area contributed by atoms with Gasteiger partial charge in [-0.2, -0.15) is 16.8 Å². The Kier molecular flexibility index (Phi) is 14.0. The van der Waals surface area contributed by atoms with E-state index in [-0.39, 0.29) is 16.3 Å². The van der Waals surface area contributed by atoms with Gasteiger partial charge in [-0.1, -0.05) is 115 Å². The fourth-order valence-corrected chi connectivity index (χ4v) is 6.55. The van der Waals surface area contributed by atoms with Crippen LogP contribution in [0.15, 0.2) is 52.3 Å². The van der Waals surface area contributed by atoms with Crippen LogP contribution in [0.2, 0.25) is 0 Å². The Morgan fingerprint density at radius 1 is 0.643 bits per heavy atom. The molecule has 0 aliphatic carbocycles. The molecule has 0 radical (unpaired) electrons. The van der Waals surface area contributed by atoms with E-state index in [2.05, 4.69) is 6.92 Å². The van der Waals surface area contributed by atoms with Crippen LogP contribution < -0.4 is 0 Å². The van der Waals surface area contributed by atoms with Crippen molar-refractivity contribution in [2.24, 2.45) is 0 Å². The number of hydrogen-bond donors (Lipinski definition) is 2. The lowest BCUT2D eigenvalue weighted by atomic mass is 10.0. The average molecular weight is 621 g/mol. The topological polar surface area (TPSA) is 127 Å². The lowest BCUT2D eigenvalue weighted by Gasteiger charge is -2.11. The molecule has 2 aromatic carbocycles. The first-order valence-electron chi connectivity index (χ1n) is 15.6. The Morgan fingerprint density at radius 3 is 1.67 bits per heavy atom.